The van der Waals surface area contributed by atoms with E-state index in [0.717, 1.165) is 33.2 Å². The maximum atomic E-state index is 12.8. The Hall–Kier alpha value is -3.33. The van der Waals surface area contributed by atoms with E-state index in [1.54, 1.807) is 17.4 Å². The molecule has 189 valence electrons. The number of thiazole rings is 1. The third-order valence-electron chi connectivity index (χ3n) is 5.36. The fourth-order valence-electron chi connectivity index (χ4n) is 3.43. The van der Waals surface area contributed by atoms with Crippen molar-refractivity contribution in [1.82, 2.24) is 9.97 Å². The van der Waals surface area contributed by atoms with Crippen molar-refractivity contribution < 1.29 is 22.6 Å². The molecule has 0 aliphatic heterocycles. The molecule has 9 heteroatoms. The molecule has 2 aromatic heterocycles. The Labute approximate surface area is 212 Å². The molecule has 2 heterocycles. The third kappa shape index (κ3) is 6.46. The van der Waals surface area contributed by atoms with Gasteiger partial charge in [0.1, 0.15) is 0 Å². The minimum Gasteiger partial charge on any atom is -0.493 e. The molecule has 0 spiro atoms. The van der Waals surface area contributed by atoms with Crippen molar-refractivity contribution >= 4 is 26.7 Å². The van der Waals surface area contributed by atoms with Gasteiger partial charge in [-0.1, -0.05) is 50.3 Å². The van der Waals surface area contributed by atoms with Crippen LogP contribution in [0.5, 0.6) is 17.4 Å². The summed E-state index contributed by atoms with van der Waals surface area (Å²) in [6, 6.07) is 15.7. The van der Waals surface area contributed by atoms with Gasteiger partial charge in [0.25, 0.3) is 0 Å². The zero-order valence-electron chi connectivity index (χ0n) is 20.5. The van der Waals surface area contributed by atoms with Crippen LogP contribution in [0.3, 0.4) is 0 Å². The van der Waals surface area contributed by atoms with Gasteiger partial charge in [-0.05, 0) is 47.7 Å². The maximum Gasteiger partial charge on any atom is 0.417 e. The van der Waals surface area contributed by atoms with E-state index in [2.05, 4.69) is 43.1 Å². The molecular weight excluding hydrogens is 487 g/mol. The van der Waals surface area contributed by atoms with E-state index in [4.69, 9.17) is 14.5 Å². The number of para-hydroxylation sites is 1. The summed E-state index contributed by atoms with van der Waals surface area (Å²) in [5.74, 6) is 0.865. The topological polar surface area (TPSA) is 47.5 Å². The van der Waals surface area contributed by atoms with Crippen molar-refractivity contribution in [2.24, 2.45) is 5.41 Å². The van der Waals surface area contributed by atoms with Gasteiger partial charge in [0.2, 0.25) is 5.88 Å². The second kappa shape index (κ2) is 10.3. The van der Waals surface area contributed by atoms with Crippen LogP contribution in [0.1, 0.15) is 31.9 Å². The number of rotatable bonds is 8. The molecule has 0 aliphatic rings. The summed E-state index contributed by atoms with van der Waals surface area (Å²) in [6.45, 7) is 7.77. The van der Waals surface area contributed by atoms with Crippen LogP contribution in [0, 0.1) is 11.8 Å². The molecule has 0 bridgehead atoms. The summed E-state index contributed by atoms with van der Waals surface area (Å²) >= 11 is 1.64. The van der Waals surface area contributed by atoms with Crippen LogP contribution < -0.4 is 14.4 Å². The van der Waals surface area contributed by atoms with E-state index >= 15 is 0 Å². The lowest BCUT2D eigenvalue weighted by atomic mass is 9.92. The second-order valence-corrected chi connectivity index (χ2v) is 10.4. The number of methoxy groups -OCH3 is 1. The zero-order valence-corrected chi connectivity index (χ0v) is 21.3. The minimum atomic E-state index is -4.45. The minimum absolute atomic E-state index is 0.0407. The molecule has 0 unspecified atom stereocenters. The highest BCUT2D eigenvalue weighted by Crippen LogP contribution is 2.35. The lowest BCUT2D eigenvalue weighted by Crippen LogP contribution is -2.27. The van der Waals surface area contributed by atoms with E-state index in [9.17, 15) is 13.2 Å². The van der Waals surface area contributed by atoms with Gasteiger partial charge in [-0.15, -0.1) is 0 Å². The molecule has 0 N–H and O–H groups in total. The molecule has 4 rings (SSSR count). The number of alkyl halides is 3. The van der Waals surface area contributed by atoms with Crippen LogP contribution in [0.4, 0.5) is 18.3 Å². The van der Waals surface area contributed by atoms with Crippen LogP contribution >= 0.6 is 11.3 Å². The van der Waals surface area contributed by atoms with Gasteiger partial charge in [0.15, 0.2) is 16.6 Å². The summed E-state index contributed by atoms with van der Waals surface area (Å²) in [6.07, 6.45) is -1.45. The summed E-state index contributed by atoms with van der Waals surface area (Å²) in [5, 5.41) is 0.921. The maximum absolute atomic E-state index is 12.8. The van der Waals surface area contributed by atoms with Gasteiger partial charge in [-0.25, -0.2) is 9.97 Å². The number of halogens is 3. The lowest BCUT2D eigenvalue weighted by molar-refractivity contribution is -0.137. The number of pyridine rings is 1. The number of aromatic nitrogens is 2. The molecule has 4 aromatic rings. The van der Waals surface area contributed by atoms with Crippen LogP contribution in [0.25, 0.3) is 10.2 Å². The summed E-state index contributed by atoms with van der Waals surface area (Å²) < 4.78 is 50.8. The van der Waals surface area contributed by atoms with Crippen LogP contribution in [0.15, 0.2) is 60.8 Å². The van der Waals surface area contributed by atoms with Gasteiger partial charge in [0, 0.05) is 25.4 Å². The first-order chi connectivity index (χ1) is 17.0. The molecule has 0 aliphatic carbocycles. The molecule has 0 amide bonds. The van der Waals surface area contributed by atoms with Crippen LogP contribution in [-0.4, -0.2) is 23.6 Å². The highest BCUT2D eigenvalue weighted by Gasteiger charge is 2.30. The number of fused-ring (bicyclic) bond motifs is 1. The zero-order chi connectivity index (χ0) is 25.9. The van der Waals surface area contributed by atoms with Gasteiger partial charge in [-0.2, -0.15) is 13.2 Å². The standard InChI is InChI=1S/C27H27F3N3O2S/c1-26(2,3)13-14-33(25-32-20-7-5-6-8-23(20)36-25)17-18-9-11-21(22(15-18)34-4)35-24-12-10-19(16-31-24)27(28,29)30/h5-13,15-16H,14,17H2,1-4H3. The molecule has 36 heavy (non-hydrogen) atoms. The number of anilines is 1. The van der Waals surface area contributed by atoms with E-state index in [1.165, 1.54) is 13.2 Å². The number of ether oxygens (including phenoxy) is 2. The first kappa shape index (κ1) is 25.8. The lowest BCUT2D eigenvalue weighted by Gasteiger charge is -2.26. The predicted octanol–water partition coefficient (Wildman–Crippen LogP) is 7.77. The number of nitrogens with zero attached hydrogens (tertiary/aromatic N) is 3. The van der Waals surface area contributed by atoms with Crippen molar-refractivity contribution in [3.63, 3.8) is 0 Å². The molecule has 0 atom stereocenters. The Bertz CT molecular complexity index is 1280. The molecule has 0 saturated carbocycles. The largest absolute Gasteiger partial charge is 0.493 e. The highest BCUT2D eigenvalue weighted by molar-refractivity contribution is 7.22. The summed E-state index contributed by atoms with van der Waals surface area (Å²) in [5.41, 5.74) is 1.14. The van der Waals surface area contributed by atoms with E-state index in [-0.39, 0.29) is 11.3 Å². The predicted molar refractivity (Wildman–Crippen MR) is 137 cm³/mol. The normalized spacial score (nSPS) is 12.1. The summed E-state index contributed by atoms with van der Waals surface area (Å²) in [7, 11) is 1.52. The highest BCUT2D eigenvalue weighted by atomic mass is 32.1. The van der Waals surface area contributed by atoms with E-state index in [0.29, 0.717) is 24.6 Å². The Kier molecular flexibility index (Phi) is 7.40. The smallest absolute Gasteiger partial charge is 0.417 e. The number of hydrogen-bond acceptors (Lipinski definition) is 6. The fraction of sp³-hybridized carbons (Fsp3) is 0.296. The van der Waals surface area contributed by atoms with Crippen molar-refractivity contribution in [2.45, 2.75) is 33.5 Å². The number of hydrogen-bond donors (Lipinski definition) is 0. The van der Waals surface area contributed by atoms with Crippen LogP contribution in [0.2, 0.25) is 0 Å². The molecule has 0 saturated heterocycles. The van der Waals surface area contributed by atoms with Crippen molar-refractivity contribution in [1.29, 1.82) is 0 Å². The monoisotopic (exact) mass is 514 g/mol. The van der Waals surface area contributed by atoms with Crippen molar-refractivity contribution in [3.8, 4) is 17.4 Å². The van der Waals surface area contributed by atoms with Gasteiger partial charge < -0.3 is 14.4 Å². The number of benzene rings is 2. The molecule has 0 fully saturated rings. The average Bonchev–Trinajstić information content (AvgIpc) is 3.26. The fourth-order valence-corrected chi connectivity index (χ4v) is 4.40. The van der Waals surface area contributed by atoms with Gasteiger partial charge in [-0.3, -0.25) is 0 Å². The van der Waals surface area contributed by atoms with Crippen molar-refractivity contribution in [2.75, 3.05) is 18.6 Å². The first-order valence-corrected chi connectivity index (χ1v) is 12.2. The van der Waals surface area contributed by atoms with E-state index in [1.807, 2.05) is 30.3 Å². The Balaban J connectivity index is 1.56. The summed E-state index contributed by atoms with van der Waals surface area (Å²) in [4.78, 5) is 10.8. The van der Waals surface area contributed by atoms with Gasteiger partial charge >= 0.3 is 6.18 Å². The van der Waals surface area contributed by atoms with E-state index < -0.39 is 11.7 Å². The first-order valence-electron chi connectivity index (χ1n) is 11.3. The Morgan fingerprint density at radius 1 is 1.00 bits per heavy atom. The molecule has 5 nitrogen and oxygen atoms in total. The third-order valence-corrected chi connectivity index (χ3v) is 6.45. The molecule has 1 radical (unpaired) electrons. The van der Waals surface area contributed by atoms with Gasteiger partial charge in [0.05, 0.1) is 22.9 Å². The SMILES string of the molecule is COc1cc(CN(C[CH]C(C)(C)C)c2nc3ccccc3s2)ccc1Oc1ccc(C(F)(F)F)cn1. The average molecular weight is 515 g/mol. The Morgan fingerprint density at radius 3 is 2.42 bits per heavy atom. The second-order valence-electron chi connectivity index (χ2n) is 9.38. The molecular formula is C27H27F3N3O2S. The van der Waals surface area contributed by atoms with Crippen molar-refractivity contribution in [3.05, 3.63) is 78.3 Å². The molecule has 2 aromatic carbocycles. The Morgan fingerprint density at radius 2 is 1.78 bits per heavy atom. The quantitative estimate of drug-likeness (QED) is 0.240. The van der Waals surface area contributed by atoms with Crippen LogP contribution in [-0.2, 0) is 12.7 Å².